The van der Waals surface area contributed by atoms with Gasteiger partial charge in [-0.1, -0.05) is 68.3 Å². The van der Waals surface area contributed by atoms with Gasteiger partial charge in [-0.25, -0.2) is 4.79 Å². The zero-order chi connectivity index (χ0) is 29.0. The molecule has 0 fully saturated rings. The first-order chi connectivity index (χ1) is 18.4. The van der Waals surface area contributed by atoms with Crippen LogP contribution < -0.4 is 16.4 Å². The van der Waals surface area contributed by atoms with E-state index in [4.69, 9.17) is 10.5 Å². The van der Waals surface area contributed by atoms with Crippen molar-refractivity contribution in [3.05, 3.63) is 65.7 Å². The molecule has 2 atom stereocenters. The average molecular weight is 541 g/mol. The van der Waals surface area contributed by atoms with Gasteiger partial charge < -0.3 is 31.1 Å². The molecule has 0 radical (unpaired) electrons. The molecule has 0 heterocycles. The number of phenols is 1. The van der Waals surface area contributed by atoms with Crippen molar-refractivity contribution >= 4 is 23.8 Å². The molecule has 4 amide bonds. The number of hydrogen-bond donors (Lipinski definition) is 4. The minimum atomic E-state index is -1.38. The van der Waals surface area contributed by atoms with Gasteiger partial charge in [-0.2, -0.15) is 0 Å². The Morgan fingerprint density at radius 3 is 2.23 bits per heavy atom. The number of carbonyl (C=O) groups is 4. The third-order valence-electron chi connectivity index (χ3n) is 5.78. The summed E-state index contributed by atoms with van der Waals surface area (Å²) in [5.41, 5.74) is 5.63. The maximum absolute atomic E-state index is 14.0. The second kappa shape index (κ2) is 14.8. The maximum Gasteiger partial charge on any atom is 0.408 e. The van der Waals surface area contributed by atoms with Crippen LogP contribution in [0.3, 0.4) is 0 Å². The first-order valence-corrected chi connectivity index (χ1v) is 13.1. The number of aromatic hydroxyl groups is 1. The van der Waals surface area contributed by atoms with Crippen molar-refractivity contribution in [2.75, 3.05) is 6.54 Å². The number of rotatable bonds is 13. The first kappa shape index (κ1) is 31.1. The van der Waals surface area contributed by atoms with Gasteiger partial charge in [0, 0.05) is 18.7 Å². The first-order valence-electron chi connectivity index (χ1n) is 13.1. The van der Waals surface area contributed by atoms with Crippen LogP contribution in [0.5, 0.6) is 5.75 Å². The fourth-order valence-corrected chi connectivity index (χ4v) is 4.00. The minimum absolute atomic E-state index is 0.135. The van der Waals surface area contributed by atoms with Gasteiger partial charge in [0.1, 0.15) is 23.4 Å². The van der Waals surface area contributed by atoms with Crippen LogP contribution in [-0.4, -0.2) is 52.0 Å². The van der Waals surface area contributed by atoms with Crippen LogP contribution >= 0.6 is 0 Å². The summed E-state index contributed by atoms with van der Waals surface area (Å²) in [6.07, 6.45) is 0.770. The summed E-state index contributed by atoms with van der Waals surface area (Å²) in [7, 11) is 0. The van der Waals surface area contributed by atoms with Gasteiger partial charge >= 0.3 is 6.09 Å². The monoisotopic (exact) mass is 540 g/mol. The van der Waals surface area contributed by atoms with E-state index in [-0.39, 0.29) is 24.4 Å². The van der Waals surface area contributed by atoms with E-state index in [9.17, 15) is 24.3 Å². The van der Waals surface area contributed by atoms with Crippen LogP contribution in [-0.2, 0) is 25.7 Å². The summed E-state index contributed by atoms with van der Waals surface area (Å²) in [4.78, 5) is 53.4. The smallest absolute Gasteiger partial charge is 0.408 e. The number of unbranched alkanes of at least 4 members (excludes halogenated alkanes) is 2. The summed E-state index contributed by atoms with van der Waals surface area (Å²) in [5, 5.41) is 16.0. The zero-order valence-corrected chi connectivity index (χ0v) is 23.1. The molecule has 39 heavy (non-hydrogen) atoms. The van der Waals surface area contributed by atoms with E-state index in [1.165, 1.54) is 11.0 Å². The summed E-state index contributed by atoms with van der Waals surface area (Å²) in [5.74, 6) is -2.21. The number of amides is 4. The Labute approximate surface area is 229 Å². The summed E-state index contributed by atoms with van der Waals surface area (Å²) >= 11 is 0. The molecular formula is C29H40N4O6. The highest BCUT2D eigenvalue weighted by Gasteiger charge is 2.37. The Kier molecular flexibility index (Phi) is 11.8. The Balaban J connectivity index is 2.48. The number of nitrogens with zero attached hydrogens (tertiary/aromatic N) is 1. The van der Waals surface area contributed by atoms with Crippen molar-refractivity contribution in [3.63, 3.8) is 0 Å². The molecular weight excluding hydrogens is 500 g/mol. The molecule has 0 saturated heterocycles. The van der Waals surface area contributed by atoms with Crippen LogP contribution in [0.25, 0.3) is 0 Å². The standard InChI is InChI=1S/C29H40N4O6/c1-5-6-12-17-33(27(37)22(18-24(30)35)32-28(38)39-29(2,3)4)25(21-15-10-11-16-23(21)34)26(36)31-19-20-13-8-7-9-14-20/h7-11,13-16,22,25,34H,5-6,12,17-19H2,1-4H3,(H2,30,35)(H,31,36)(H,32,38). The van der Waals surface area contributed by atoms with Crippen LogP contribution in [0.2, 0.25) is 0 Å². The van der Waals surface area contributed by atoms with Gasteiger partial charge in [0.05, 0.1) is 6.42 Å². The largest absolute Gasteiger partial charge is 0.508 e. The number of hydrogen-bond acceptors (Lipinski definition) is 6. The molecule has 0 bridgehead atoms. The Morgan fingerprint density at radius 1 is 1.00 bits per heavy atom. The van der Waals surface area contributed by atoms with E-state index in [1.807, 2.05) is 37.3 Å². The normalized spacial score (nSPS) is 12.6. The molecule has 10 heteroatoms. The quantitative estimate of drug-likeness (QED) is 0.285. The van der Waals surface area contributed by atoms with Crippen molar-refractivity contribution < 1.29 is 29.0 Å². The lowest BCUT2D eigenvalue weighted by molar-refractivity contribution is -0.143. The summed E-state index contributed by atoms with van der Waals surface area (Å²) in [6, 6.07) is 12.9. The van der Waals surface area contributed by atoms with Crippen molar-refractivity contribution in [2.24, 2.45) is 5.73 Å². The third-order valence-corrected chi connectivity index (χ3v) is 5.78. The molecule has 0 aliphatic rings. The Morgan fingerprint density at radius 2 is 1.64 bits per heavy atom. The number of primary amides is 1. The average Bonchev–Trinajstić information content (AvgIpc) is 2.86. The molecule has 0 aliphatic carbocycles. The Hall–Kier alpha value is -4.08. The lowest BCUT2D eigenvalue weighted by atomic mass is 10.00. The second-order valence-electron chi connectivity index (χ2n) is 10.3. The Bertz CT molecular complexity index is 1120. The lowest BCUT2D eigenvalue weighted by Gasteiger charge is -2.34. The molecule has 0 saturated carbocycles. The number of phenolic OH excluding ortho intramolecular Hbond substituents is 1. The fourth-order valence-electron chi connectivity index (χ4n) is 4.00. The molecule has 10 nitrogen and oxygen atoms in total. The fraction of sp³-hybridized carbons (Fsp3) is 0.448. The lowest BCUT2D eigenvalue weighted by Crippen LogP contribution is -2.54. The van der Waals surface area contributed by atoms with Crippen molar-refractivity contribution in [3.8, 4) is 5.75 Å². The molecule has 2 rings (SSSR count). The predicted octanol–water partition coefficient (Wildman–Crippen LogP) is 3.54. The number of alkyl carbamates (subject to hydrolysis) is 1. The number of benzene rings is 2. The molecule has 0 aromatic heterocycles. The molecule has 2 aromatic carbocycles. The van der Waals surface area contributed by atoms with Gasteiger partial charge in [-0.15, -0.1) is 0 Å². The van der Waals surface area contributed by atoms with Gasteiger partial charge in [0.15, 0.2) is 0 Å². The number of nitrogens with two attached hydrogens (primary N) is 1. The van der Waals surface area contributed by atoms with Crippen LogP contribution in [0.15, 0.2) is 54.6 Å². The van der Waals surface area contributed by atoms with E-state index in [1.54, 1.807) is 39.0 Å². The maximum atomic E-state index is 14.0. The van der Waals surface area contributed by atoms with E-state index in [0.717, 1.165) is 18.4 Å². The van der Waals surface area contributed by atoms with Crippen LogP contribution in [0, 0.1) is 0 Å². The molecule has 2 aromatic rings. The van der Waals surface area contributed by atoms with E-state index in [2.05, 4.69) is 10.6 Å². The number of ether oxygens (including phenoxy) is 1. The van der Waals surface area contributed by atoms with Crippen LogP contribution in [0.4, 0.5) is 4.79 Å². The highest BCUT2D eigenvalue weighted by Crippen LogP contribution is 2.30. The molecule has 2 unspecified atom stereocenters. The summed E-state index contributed by atoms with van der Waals surface area (Å²) < 4.78 is 5.29. The third kappa shape index (κ3) is 10.3. The predicted molar refractivity (Wildman–Crippen MR) is 147 cm³/mol. The topological polar surface area (TPSA) is 151 Å². The molecule has 0 spiro atoms. The van der Waals surface area contributed by atoms with Crippen LogP contribution in [0.1, 0.15) is 70.5 Å². The van der Waals surface area contributed by atoms with Gasteiger partial charge in [0.25, 0.3) is 0 Å². The van der Waals surface area contributed by atoms with Crippen molar-refractivity contribution in [1.29, 1.82) is 0 Å². The number of para-hydroxylation sites is 1. The zero-order valence-electron chi connectivity index (χ0n) is 23.1. The van der Waals surface area contributed by atoms with Gasteiger partial charge in [-0.3, -0.25) is 14.4 Å². The second-order valence-corrected chi connectivity index (χ2v) is 10.3. The van der Waals surface area contributed by atoms with E-state index < -0.39 is 47.9 Å². The SMILES string of the molecule is CCCCCN(C(=O)C(CC(N)=O)NC(=O)OC(C)(C)C)C(C(=O)NCc1ccccc1)c1ccccc1O. The highest BCUT2D eigenvalue weighted by molar-refractivity contribution is 5.94. The van der Waals surface area contributed by atoms with Gasteiger partial charge in [0.2, 0.25) is 17.7 Å². The molecule has 212 valence electrons. The van der Waals surface area contributed by atoms with Crippen molar-refractivity contribution in [1.82, 2.24) is 15.5 Å². The minimum Gasteiger partial charge on any atom is -0.508 e. The van der Waals surface area contributed by atoms with Crippen molar-refractivity contribution in [2.45, 2.75) is 77.6 Å². The summed E-state index contributed by atoms with van der Waals surface area (Å²) in [6.45, 7) is 7.33. The number of carbonyl (C=O) groups excluding carboxylic acids is 4. The van der Waals surface area contributed by atoms with E-state index >= 15 is 0 Å². The highest BCUT2D eigenvalue weighted by atomic mass is 16.6. The molecule has 5 N–H and O–H groups in total. The number of nitrogens with one attached hydrogen (secondary N) is 2. The van der Waals surface area contributed by atoms with E-state index in [0.29, 0.717) is 6.42 Å². The van der Waals surface area contributed by atoms with Gasteiger partial charge in [-0.05, 0) is 38.8 Å². The molecule has 0 aliphatic heterocycles.